The summed E-state index contributed by atoms with van der Waals surface area (Å²) in [6.07, 6.45) is 25.2. The first-order chi connectivity index (χ1) is 31.6. The van der Waals surface area contributed by atoms with Crippen LogP contribution in [0.1, 0.15) is 194 Å². The van der Waals surface area contributed by atoms with Crippen molar-refractivity contribution >= 4 is 5.97 Å². The van der Waals surface area contributed by atoms with Crippen molar-refractivity contribution in [3.05, 3.63) is 24.3 Å². The Morgan fingerprint density at radius 1 is 0.508 bits per heavy atom. The van der Waals surface area contributed by atoms with Crippen LogP contribution in [0, 0.1) is 0 Å². The van der Waals surface area contributed by atoms with Crippen LogP contribution in [0.4, 0.5) is 0 Å². The van der Waals surface area contributed by atoms with Crippen molar-refractivity contribution in [1.29, 1.82) is 0 Å². The van der Waals surface area contributed by atoms with Gasteiger partial charge in [0.15, 0.2) is 12.6 Å². The van der Waals surface area contributed by atoms with E-state index in [2.05, 4.69) is 38.2 Å². The topological polar surface area (TPSA) is 214 Å². The van der Waals surface area contributed by atoms with E-state index in [1.807, 2.05) is 0 Å². The number of unbranched alkanes of at least 4 members (excludes halogenated alkanes) is 23. The maximum atomic E-state index is 13.0. The number of hydrogen-bond donors (Lipinski definition) is 7. The molecule has 0 spiro atoms. The summed E-state index contributed by atoms with van der Waals surface area (Å²) in [5, 5.41) is 72.1. The molecule has 11 unspecified atom stereocenters. The van der Waals surface area contributed by atoms with Gasteiger partial charge in [-0.25, -0.2) is 0 Å². The fourth-order valence-electron chi connectivity index (χ4n) is 8.20. The summed E-state index contributed by atoms with van der Waals surface area (Å²) in [6.45, 7) is 3.66. The molecule has 0 aromatic heterocycles. The van der Waals surface area contributed by atoms with E-state index in [0.717, 1.165) is 64.2 Å². The third-order valence-corrected chi connectivity index (χ3v) is 12.5. The Balaban J connectivity index is 1.77. The molecular weight excluding hydrogens is 837 g/mol. The molecule has 0 saturated carbocycles. The highest BCUT2D eigenvalue weighted by Crippen LogP contribution is 2.26. The van der Waals surface area contributed by atoms with Crippen molar-refractivity contribution in [2.24, 2.45) is 0 Å². The fraction of sp³-hybridized carbons (Fsp3) is 0.902. The Bertz CT molecular complexity index is 1170. The van der Waals surface area contributed by atoms with E-state index in [1.165, 1.54) is 103 Å². The fourth-order valence-corrected chi connectivity index (χ4v) is 8.20. The molecule has 14 nitrogen and oxygen atoms in total. The molecule has 2 aliphatic rings. The third kappa shape index (κ3) is 27.3. The summed E-state index contributed by atoms with van der Waals surface area (Å²) < 4.78 is 34.3. The van der Waals surface area contributed by atoms with Crippen LogP contribution in [-0.2, 0) is 33.2 Å². The predicted molar refractivity (Wildman–Crippen MR) is 252 cm³/mol. The van der Waals surface area contributed by atoms with Gasteiger partial charge in [-0.05, 0) is 44.9 Å². The summed E-state index contributed by atoms with van der Waals surface area (Å²) >= 11 is 0. The van der Waals surface area contributed by atoms with Gasteiger partial charge in [0.25, 0.3) is 0 Å². The van der Waals surface area contributed by atoms with Gasteiger partial charge >= 0.3 is 5.97 Å². The molecule has 0 radical (unpaired) electrons. The van der Waals surface area contributed by atoms with Crippen molar-refractivity contribution in [1.82, 2.24) is 0 Å². The molecule has 0 aromatic rings. The normalized spacial score (nSPS) is 26.7. The van der Waals surface area contributed by atoms with Crippen molar-refractivity contribution in [3.63, 3.8) is 0 Å². The minimum absolute atomic E-state index is 0.0598. The van der Waals surface area contributed by atoms with Gasteiger partial charge in [0.05, 0.1) is 26.4 Å². The maximum absolute atomic E-state index is 13.0. The zero-order chi connectivity index (χ0) is 47.3. The summed E-state index contributed by atoms with van der Waals surface area (Å²) in [5.41, 5.74) is 0. The van der Waals surface area contributed by atoms with Gasteiger partial charge in [-0.15, -0.1) is 0 Å². The Labute approximate surface area is 392 Å². The van der Waals surface area contributed by atoms with Crippen molar-refractivity contribution in [2.75, 3.05) is 33.0 Å². The van der Waals surface area contributed by atoms with E-state index < -0.39 is 80.7 Å². The lowest BCUT2D eigenvalue weighted by Crippen LogP contribution is -2.61. The molecule has 11 atom stereocenters. The minimum atomic E-state index is -1.71. The lowest BCUT2D eigenvalue weighted by molar-refractivity contribution is -0.332. The highest BCUT2D eigenvalue weighted by molar-refractivity contribution is 5.69. The number of ether oxygens (including phenoxy) is 6. The first-order valence-corrected chi connectivity index (χ1v) is 25.9. The van der Waals surface area contributed by atoms with E-state index in [0.29, 0.717) is 13.0 Å². The van der Waals surface area contributed by atoms with E-state index in [4.69, 9.17) is 28.4 Å². The molecule has 2 aliphatic heterocycles. The van der Waals surface area contributed by atoms with E-state index in [9.17, 15) is 40.5 Å². The number of esters is 1. The summed E-state index contributed by atoms with van der Waals surface area (Å²) in [5.74, 6) is -0.387. The molecule has 2 fully saturated rings. The highest BCUT2D eigenvalue weighted by Gasteiger charge is 2.47. The van der Waals surface area contributed by atoms with Gasteiger partial charge in [-0.2, -0.15) is 0 Å². The zero-order valence-corrected chi connectivity index (χ0v) is 40.5. The zero-order valence-electron chi connectivity index (χ0n) is 40.5. The molecule has 0 aromatic carbocycles. The van der Waals surface area contributed by atoms with Gasteiger partial charge in [-0.3, -0.25) is 4.79 Å². The standard InChI is InChI=1S/C51H94O14/c1-3-5-7-9-11-13-15-17-19-21-23-25-27-29-31-33-35-60-37-40(63-43(53)34-32-30-28-26-24-22-20-18-16-14-12-10-8-6-4-2)38-61-50-49(59)47(57)45(55)42(65-50)39-62-51-48(58)46(56)44(54)41(36-52)64-51/h12,14,18,20,40-42,44-52,54-59H,3-11,13,15-17,19,21-39H2,1-2H3/b14-12-,20-18-. The Kier molecular flexibility index (Phi) is 36.1. The second-order valence-electron chi connectivity index (χ2n) is 18.3. The van der Waals surface area contributed by atoms with Crippen LogP contribution < -0.4 is 0 Å². The lowest BCUT2D eigenvalue weighted by Gasteiger charge is -2.42. The second-order valence-corrected chi connectivity index (χ2v) is 18.3. The van der Waals surface area contributed by atoms with Crippen LogP contribution in [0.3, 0.4) is 0 Å². The maximum Gasteiger partial charge on any atom is 0.306 e. The summed E-state index contributed by atoms with van der Waals surface area (Å²) in [7, 11) is 0. The average Bonchev–Trinajstić information content (AvgIpc) is 3.30. The van der Waals surface area contributed by atoms with Gasteiger partial charge in [0, 0.05) is 13.0 Å². The Morgan fingerprint density at radius 2 is 0.954 bits per heavy atom. The summed E-state index contributed by atoms with van der Waals surface area (Å²) in [6, 6.07) is 0. The molecule has 65 heavy (non-hydrogen) atoms. The molecule has 0 amide bonds. The molecule has 2 rings (SSSR count). The molecule has 0 bridgehead atoms. The second kappa shape index (κ2) is 39.3. The number of rotatable bonds is 41. The first-order valence-electron chi connectivity index (χ1n) is 25.9. The largest absolute Gasteiger partial charge is 0.457 e. The first kappa shape index (κ1) is 59.6. The Hall–Kier alpha value is -1.53. The lowest BCUT2D eigenvalue weighted by atomic mass is 9.98. The number of carbonyl (C=O) groups is 1. The van der Waals surface area contributed by atoms with Gasteiger partial charge in [0.1, 0.15) is 54.9 Å². The monoisotopic (exact) mass is 931 g/mol. The van der Waals surface area contributed by atoms with Crippen LogP contribution in [-0.4, -0.2) is 142 Å². The molecule has 7 N–H and O–H groups in total. The van der Waals surface area contributed by atoms with Gasteiger partial charge in [0.2, 0.25) is 0 Å². The minimum Gasteiger partial charge on any atom is -0.457 e. The molecule has 2 saturated heterocycles. The highest BCUT2D eigenvalue weighted by atomic mass is 16.7. The van der Waals surface area contributed by atoms with Crippen LogP contribution >= 0.6 is 0 Å². The smallest absolute Gasteiger partial charge is 0.306 e. The van der Waals surface area contributed by atoms with Crippen LogP contribution in [0.2, 0.25) is 0 Å². The number of aliphatic hydroxyl groups excluding tert-OH is 7. The SMILES string of the molecule is CCCCC/C=C\C/C=C\CCCCCCCC(=O)OC(COCCCCCCCCCCCCCCCCCC)COC1OC(COC2OC(CO)C(O)C(O)C2O)C(O)C(O)C1O. The van der Waals surface area contributed by atoms with Crippen molar-refractivity contribution in [3.8, 4) is 0 Å². The number of aliphatic hydroxyl groups is 7. The van der Waals surface area contributed by atoms with E-state index >= 15 is 0 Å². The van der Waals surface area contributed by atoms with Crippen LogP contribution in [0.15, 0.2) is 24.3 Å². The average molecular weight is 931 g/mol. The van der Waals surface area contributed by atoms with E-state index in [1.54, 1.807) is 0 Å². The van der Waals surface area contributed by atoms with Gasteiger partial charge in [-0.1, -0.05) is 167 Å². The molecule has 14 heteroatoms. The summed E-state index contributed by atoms with van der Waals surface area (Å²) in [4.78, 5) is 13.0. The quantitative estimate of drug-likeness (QED) is 0.0179. The molecule has 382 valence electrons. The number of carbonyl (C=O) groups excluding carboxylic acids is 1. The number of hydrogen-bond acceptors (Lipinski definition) is 14. The van der Waals surface area contributed by atoms with Crippen molar-refractivity contribution < 1.29 is 69.0 Å². The Morgan fingerprint density at radius 3 is 1.51 bits per heavy atom. The van der Waals surface area contributed by atoms with Gasteiger partial charge < -0.3 is 64.2 Å². The molecule has 0 aliphatic carbocycles. The van der Waals surface area contributed by atoms with E-state index in [-0.39, 0.29) is 25.6 Å². The van der Waals surface area contributed by atoms with Crippen molar-refractivity contribution in [2.45, 2.75) is 261 Å². The molecular formula is C51H94O14. The molecule has 2 heterocycles. The van der Waals surface area contributed by atoms with Crippen LogP contribution in [0.25, 0.3) is 0 Å². The predicted octanol–water partition coefficient (Wildman–Crippen LogP) is 7.63. The number of allylic oxidation sites excluding steroid dienone is 4. The third-order valence-electron chi connectivity index (χ3n) is 12.5. The van der Waals surface area contributed by atoms with Crippen LogP contribution in [0.5, 0.6) is 0 Å².